The minimum absolute atomic E-state index is 1.08. The van der Waals surface area contributed by atoms with Crippen LogP contribution in [0.15, 0.2) is 0 Å². The molecule has 0 heterocycles. The molecule has 1 fully saturated rings. The fraction of sp³-hybridized carbons (Fsp3) is 1.00. The van der Waals surface area contributed by atoms with E-state index in [9.17, 15) is 0 Å². The first-order valence-corrected chi connectivity index (χ1v) is 5.93. The van der Waals surface area contributed by atoms with Gasteiger partial charge < -0.3 is 0 Å². The van der Waals surface area contributed by atoms with Crippen LogP contribution in [0.3, 0.4) is 0 Å². The molecule has 0 nitrogen and oxygen atoms in total. The summed E-state index contributed by atoms with van der Waals surface area (Å²) in [5, 5.41) is 0. The molecule has 0 bridgehead atoms. The van der Waals surface area contributed by atoms with Crippen LogP contribution in [0.2, 0.25) is 13.1 Å². The first kappa shape index (κ1) is 9.22. The fourth-order valence-corrected chi connectivity index (χ4v) is 0.901. The van der Waals surface area contributed by atoms with Crippen LogP contribution in [0.5, 0.6) is 0 Å². The Morgan fingerprint density at radius 3 is 1.78 bits per heavy atom. The summed E-state index contributed by atoms with van der Waals surface area (Å²) in [4.78, 5) is 0. The van der Waals surface area contributed by atoms with E-state index < -0.39 is 0 Å². The summed E-state index contributed by atoms with van der Waals surface area (Å²) in [6, 6.07) is 0. The van der Waals surface area contributed by atoms with Crippen LogP contribution in [-0.2, 0) is 0 Å². The maximum atomic E-state index is 2.28. The Morgan fingerprint density at radius 1 is 1.33 bits per heavy atom. The van der Waals surface area contributed by atoms with Crippen LogP contribution in [0.25, 0.3) is 0 Å². The Hall–Kier alpha value is 0.217. The third-order valence-electron chi connectivity index (χ3n) is 1.80. The molecule has 0 N–H and O–H groups in total. The molecule has 0 aromatic heterocycles. The second kappa shape index (κ2) is 6.34. The van der Waals surface area contributed by atoms with Gasteiger partial charge in [0.25, 0.3) is 0 Å². The molecule has 0 spiro atoms. The molecule has 0 amide bonds. The van der Waals surface area contributed by atoms with Crippen LogP contribution in [-0.4, -0.2) is 9.52 Å². The number of hydrogen-bond acceptors (Lipinski definition) is 0. The van der Waals surface area contributed by atoms with Crippen molar-refractivity contribution in [3.05, 3.63) is 0 Å². The topological polar surface area (TPSA) is 0 Å². The van der Waals surface area contributed by atoms with Crippen LogP contribution < -0.4 is 0 Å². The monoisotopic (exact) mass is 142 g/mol. The highest BCUT2D eigenvalue weighted by Crippen LogP contribution is 2.28. The lowest BCUT2D eigenvalue weighted by atomic mass is 9.84. The summed E-state index contributed by atoms with van der Waals surface area (Å²) in [5.41, 5.74) is 0. The van der Waals surface area contributed by atoms with Crippen LogP contribution in [0.1, 0.15) is 32.6 Å². The zero-order chi connectivity index (χ0) is 7.11. The van der Waals surface area contributed by atoms with E-state index in [1.54, 1.807) is 0 Å². The van der Waals surface area contributed by atoms with E-state index in [0.29, 0.717) is 0 Å². The van der Waals surface area contributed by atoms with Gasteiger partial charge in [-0.2, -0.15) is 0 Å². The van der Waals surface area contributed by atoms with Gasteiger partial charge in [0, 0.05) is 9.52 Å². The Morgan fingerprint density at radius 2 is 1.78 bits per heavy atom. The predicted molar refractivity (Wildman–Crippen MR) is 45.1 cm³/mol. The molecule has 1 heteroatoms. The van der Waals surface area contributed by atoms with Crippen molar-refractivity contribution < 1.29 is 0 Å². The van der Waals surface area contributed by atoms with Crippen LogP contribution >= 0.6 is 0 Å². The highest BCUT2D eigenvalue weighted by molar-refractivity contribution is 6.31. The smallest absolute Gasteiger partial charge is 0.0307 e. The Labute approximate surface area is 61.9 Å². The molecule has 0 atom stereocenters. The Bertz CT molecular complexity index is 45.8. The molecular formula is C8H18Si. The van der Waals surface area contributed by atoms with Gasteiger partial charge in [-0.05, 0) is 5.92 Å². The van der Waals surface area contributed by atoms with Crippen molar-refractivity contribution in [3.8, 4) is 0 Å². The lowest BCUT2D eigenvalue weighted by Crippen LogP contribution is -2.08. The van der Waals surface area contributed by atoms with Gasteiger partial charge in [-0.25, -0.2) is 0 Å². The summed E-state index contributed by atoms with van der Waals surface area (Å²) in [7, 11) is 1.08. The Balaban J connectivity index is 0.000000187. The maximum Gasteiger partial charge on any atom is 0.0307 e. The minimum Gasteiger partial charge on any atom is -0.0735 e. The lowest BCUT2D eigenvalue weighted by molar-refractivity contribution is 0.307. The SMILES string of the molecule is CCC1CCC1.C[Si]C. The zero-order valence-electron chi connectivity index (χ0n) is 6.91. The molecule has 0 saturated heterocycles. The average molecular weight is 142 g/mol. The highest BCUT2D eigenvalue weighted by Gasteiger charge is 2.13. The Kier molecular flexibility index (Phi) is 6.49. The van der Waals surface area contributed by atoms with E-state index in [2.05, 4.69) is 20.0 Å². The molecule has 1 saturated carbocycles. The molecular weight excluding hydrogens is 124 g/mol. The van der Waals surface area contributed by atoms with Crippen molar-refractivity contribution in [2.45, 2.75) is 45.7 Å². The third kappa shape index (κ3) is 4.70. The molecule has 0 unspecified atom stereocenters. The normalized spacial score (nSPS) is 17.7. The van der Waals surface area contributed by atoms with E-state index in [4.69, 9.17) is 0 Å². The largest absolute Gasteiger partial charge is 0.0735 e. The lowest BCUT2D eigenvalue weighted by Gasteiger charge is -2.22. The van der Waals surface area contributed by atoms with Gasteiger partial charge in [0.1, 0.15) is 0 Å². The second-order valence-electron chi connectivity index (χ2n) is 2.71. The predicted octanol–water partition coefficient (Wildman–Crippen LogP) is 2.98. The van der Waals surface area contributed by atoms with E-state index in [0.717, 1.165) is 15.4 Å². The number of hydrogen-bond donors (Lipinski definition) is 0. The van der Waals surface area contributed by atoms with Crippen molar-refractivity contribution in [1.29, 1.82) is 0 Å². The molecule has 54 valence electrons. The molecule has 0 aromatic rings. The van der Waals surface area contributed by atoms with Gasteiger partial charge in [-0.1, -0.05) is 45.7 Å². The van der Waals surface area contributed by atoms with Crippen LogP contribution in [0.4, 0.5) is 0 Å². The van der Waals surface area contributed by atoms with E-state index in [1.165, 1.54) is 25.7 Å². The summed E-state index contributed by atoms with van der Waals surface area (Å²) >= 11 is 0. The van der Waals surface area contributed by atoms with E-state index in [1.807, 2.05) is 0 Å². The summed E-state index contributed by atoms with van der Waals surface area (Å²) in [5.74, 6) is 1.12. The highest BCUT2D eigenvalue weighted by atomic mass is 28.2. The molecule has 2 radical (unpaired) electrons. The average Bonchev–Trinajstić information content (AvgIpc) is 1.64. The van der Waals surface area contributed by atoms with Gasteiger partial charge in [0.2, 0.25) is 0 Å². The summed E-state index contributed by atoms with van der Waals surface area (Å²) in [6.07, 6.45) is 5.94. The zero-order valence-corrected chi connectivity index (χ0v) is 7.91. The third-order valence-corrected chi connectivity index (χ3v) is 1.80. The molecule has 0 aliphatic heterocycles. The first-order chi connectivity index (χ1) is 4.35. The van der Waals surface area contributed by atoms with Crippen molar-refractivity contribution in [1.82, 2.24) is 0 Å². The quantitative estimate of drug-likeness (QED) is 0.494. The minimum atomic E-state index is 1.08. The summed E-state index contributed by atoms with van der Waals surface area (Å²) < 4.78 is 0. The van der Waals surface area contributed by atoms with Gasteiger partial charge in [0.15, 0.2) is 0 Å². The molecule has 1 rings (SSSR count). The second-order valence-corrected chi connectivity index (χ2v) is 3.71. The van der Waals surface area contributed by atoms with Gasteiger partial charge >= 0.3 is 0 Å². The molecule has 1 aliphatic carbocycles. The van der Waals surface area contributed by atoms with Crippen molar-refractivity contribution >= 4 is 9.52 Å². The molecule has 1 aliphatic rings. The molecule has 9 heavy (non-hydrogen) atoms. The first-order valence-electron chi connectivity index (χ1n) is 3.93. The molecule has 0 aromatic carbocycles. The van der Waals surface area contributed by atoms with Gasteiger partial charge in [-0.15, -0.1) is 0 Å². The number of rotatable bonds is 1. The van der Waals surface area contributed by atoms with Crippen molar-refractivity contribution in [2.24, 2.45) is 5.92 Å². The van der Waals surface area contributed by atoms with Crippen LogP contribution in [0, 0.1) is 5.92 Å². The standard InChI is InChI=1S/C6H12.C2H6Si/c1-2-6-4-3-5-6;1-3-2/h6H,2-5H2,1H3;1-2H3. The van der Waals surface area contributed by atoms with Crippen molar-refractivity contribution in [2.75, 3.05) is 0 Å². The van der Waals surface area contributed by atoms with Gasteiger partial charge in [-0.3, -0.25) is 0 Å². The van der Waals surface area contributed by atoms with Gasteiger partial charge in [0.05, 0.1) is 0 Å². The van der Waals surface area contributed by atoms with Crippen molar-refractivity contribution in [3.63, 3.8) is 0 Å². The fourth-order valence-electron chi connectivity index (χ4n) is 0.901. The summed E-state index contributed by atoms with van der Waals surface area (Å²) in [6.45, 7) is 6.59. The van der Waals surface area contributed by atoms with E-state index in [-0.39, 0.29) is 0 Å². The van der Waals surface area contributed by atoms with E-state index >= 15 is 0 Å². The maximum absolute atomic E-state index is 2.28.